The Morgan fingerprint density at radius 1 is 1.00 bits per heavy atom. The van der Waals surface area contributed by atoms with Crippen molar-refractivity contribution in [1.29, 1.82) is 5.26 Å². The number of piperazine rings is 1. The molecule has 0 bridgehead atoms. The largest absolute Gasteiger partial charge is 0.486 e. The highest BCUT2D eigenvalue weighted by molar-refractivity contribution is 7.89. The molecule has 5 rings (SSSR count). The zero-order valence-electron chi connectivity index (χ0n) is 19.4. The zero-order valence-corrected chi connectivity index (χ0v) is 20.2. The van der Waals surface area contributed by atoms with Crippen LogP contribution in [-0.4, -0.2) is 80.9 Å². The highest BCUT2D eigenvalue weighted by atomic mass is 32.2. The smallest absolute Gasteiger partial charge is 0.244 e. The Bertz CT molecular complexity index is 1250. The molecule has 3 aliphatic heterocycles. The number of carbonyl (C=O) groups excluding carboxylic acids is 1. The van der Waals surface area contributed by atoms with Gasteiger partial charge in [0.2, 0.25) is 15.9 Å². The number of benzene rings is 2. The first-order chi connectivity index (χ1) is 17.0. The van der Waals surface area contributed by atoms with Crippen molar-refractivity contribution in [2.24, 2.45) is 0 Å². The van der Waals surface area contributed by atoms with Gasteiger partial charge in [0.1, 0.15) is 19.3 Å². The quantitative estimate of drug-likeness (QED) is 0.624. The molecule has 184 valence electrons. The van der Waals surface area contributed by atoms with Gasteiger partial charge in [0, 0.05) is 32.7 Å². The normalized spacial score (nSPS) is 21.0. The molecule has 35 heavy (non-hydrogen) atoms. The van der Waals surface area contributed by atoms with Gasteiger partial charge in [0.25, 0.3) is 0 Å². The first-order valence-corrected chi connectivity index (χ1v) is 13.3. The molecule has 1 atom stereocenters. The van der Waals surface area contributed by atoms with E-state index in [1.165, 1.54) is 16.4 Å². The summed E-state index contributed by atoms with van der Waals surface area (Å²) < 4.78 is 38.9. The Balaban J connectivity index is 1.21. The van der Waals surface area contributed by atoms with Crippen molar-refractivity contribution < 1.29 is 22.7 Å². The van der Waals surface area contributed by atoms with Gasteiger partial charge < -0.3 is 14.4 Å². The lowest BCUT2D eigenvalue weighted by molar-refractivity contribution is -0.133. The summed E-state index contributed by atoms with van der Waals surface area (Å²) in [6.45, 7) is 3.50. The van der Waals surface area contributed by atoms with Gasteiger partial charge in [-0.15, -0.1) is 0 Å². The van der Waals surface area contributed by atoms with Crippen molar-refractivity contribution in [3.8, 4) is 17.6 Å². The zero-order chi connectivity index (χ0) is 24.4. The van der Waals surface area contributed by atoms with Gasteiger partial charge in [-0.25, -0.2) is 8.42 Å². The Kier molecular flexibility index (Phi) is 6.65. The lowest BCUT2D eigenvalue weighted by Crippen LogP contribution is -2.51. The summed E-state index contributed by atoms with van der Waals surface area (Å²) in [6.07, 6.45) is 1.84. The van der Waals surface area contributed by atoms with E-state index in [1.807, 2.05) is 34.1 Å². The van der Waals surface area contributed by atoms with E-state index in [2.05, 4.69) is 0 Å². The maximum atomic E-state index is 13.2. The summed E-state index contributed by atoms with van der Waals surface area (Å²) in [5.74, 6) is 1.51. The molecule has 2 aromatic carbocycles. The van der Waals surface area contributed by atoms with Gasteiger partial charge in [-0.3, -0.25) is 9.69 Å². The number of carbonyl (C=O) groups is 1. The predicted octanol–water partition coefficient (Wildman–Crippen LogP) is 2.00. The molecule has 0 aromatic heterocycles. The third-order valence-electron chi connectivity index (χ3n) is 6.84. The molecule has 2 saturated heterocycles. The van der Waals surface area contributed by atoms with E-state index in [4.69, 9.17) is 9.47 Å². The second kappa shape index (κ2) is 9.85. The molecule has 3 heterocycles. The van der Waals surface area contributed by atoms with Crippen molar-refractivity contribution in [3.63, 3.8) is 0 Å². The molecule has 10 heteroatoms. The summed E-state index contributed by atoms with van der Waals surface area (Å²) >= 11 is 0. The summed E-state index contributed by atoms with van der Waals surface area (Å²) in [5.41, 5.74) is 1.19. The second-order valence-electron chi connectivity index (χ2n) is 8.94. The van der Waals surface area contributed by atoms with E-state index in [1.54, 1.807) is 12.1 Å². The van der Waals surface area contributed by atoms with Crippen LogP contribution in [0.5, 0.6) is 11.5 Å². The minimum Gasteiger partial charge on any atom is -0.486 e. The van der Waals surface area contributed by atoms with Crippen LogP contribution in [-0.2, 0) is 14.8 Å². The predicted molar refractivity (Wildman–Crippen MR) is 127 cm³/mol. The van der Waals surface area contributed by atoms with Gasteiger partial charge in [-0.05, 0) is 42.7 Å². The molecule has 0 unspecified atom stereocenters. The number of amides is 1. The molecule has 0 radical (unpaired) electrons. The molecule has 3 aliphatic rings. The van der Waals surface area contributed by atoms with Gasteiger partial charge in [-0.2, -0.15) is 9.57 Å². The van der Waals surface area contributed by atoms with Crippen LogP contribution in [0.2, 0.25) is 0 Å². The van der Waals surface area contributed by atoms with Gasteiger partial charge >= 0.3 is 0 Å². The van der Waals surface area contributed by atoms with E-state index in [0.717, 1.165) is 29.9 Å². The summed E-state index contributed by atoms with van der Waals surface area (Å²) in [6, 6.07) is 14.1. The number of hydrogen-bond donors (Lipinski definition) is 0. The van der Waals surface area contributed by atoms with Crippen molar-refractivity contribution in [2.75, 3.05) is 52.5 Å². The summed E-state index contributed by atoms with van der Waals surface area (Å²) in [5, 5.41) is 9.29. The molecule has 2 fully saturated rings. The maximum absolute atomic E-state index is 13.2. The van der Waals surface area contributed by atoms with Crippen LogP contribution in [0.4, 0.5) is 0 Å². The highest BCUT2D eigenvalue weighted by Crippen LogP contribution is 2.38. The second-order valence-corrected chi connectivity index (χ2v) is 10.8. The van der Waals surface area contributed by atoms with Gasteiger partial charge in [0.05, 0.1) is 23.0 Å². The maximum Gasteiger partial charge on any atom is 0.244 e. The van der Waals surface area contributed by atoms with Gasteiger partial charge in [-0.1, -0.05) is 18.2 Å². The lowest BCUT2D eigenvalue weighted by Gasteiger charge is -2.35. The van der Waals surface area contributed by atoms with Crippen molar-refractivity contribution in [1.82, 2.24) is 14.1 Å². The third kappa shape index (κ3) is 4.72. The highest BCUT2D eigenvalue weighted by Gasteiger charge is 2.34. The fourth-order valence-electron chi connectivity index (χ4n) is 5.01. The number of nitrogens with zero attached hydrogens (tertiary/aromatic N) is 4. The summed E-state index contributed by atoms with van der Waals surface area (Å²) in [4.78, 5) is 17.2. The lowest BCUT2D eigenvalue weighted by atomic mass is 10.0. The minimum absolute atomic E-state index is 0.00229. The molecule has 9 nitrogen and oxygen atoms in total. The molecule has 0 saturated carbocycles. The average Bonchev–Trinajstić information content (AvgIpc) is 3.39. The summed E-state index contributed by atoms with van der Waals surface area (Å²) in [7, 11) is -3.76. The van der Waals surface area contributed by atoms with E-state index < -0.39 is 10.0 Å². The van der Waals surface area contributed by atoms with Crippen LogP contribution in [0.1, 0.15) is 30.0 Å². The first kappa shape index (κ1) is 23.6. The van der Waals surface area contributed by atoms with E-state index in [0.29, 0.717) is 32.8 Å². The molecule has 0 aliphatic carbocycles. The van der Waals surface area contributed by atoms with Crippen LogP contribution in [0, 0.1) is 11.3 Å². The van der Waals surface area contributed by atoms with E-state index in [-0.39, 0.29) is 42.0 Å². The number of rotatable bonds is 5. The fraction of sp³-hybridized carbons (Fsp3) is 0.440. The van der Waals surface area contributed by atoms with Crippen molar-refractivity contribution in [3.05, 3.63) is 53.6 Å². The number of nitriles is 1. The number of likely N-dealkylation sites (tertiary alicyclic amines) is 1. The third-order valence-corrected chi connectivity index (χ3v) is 8.80. The number of ether oxygens (including phenoxy) is 2. The van der Waals surface area contributed by atoms with Crippen LogP contribution in [0.25, 0.3) is 0 Å². The number of fused-ring (bicyclic) bond motifs is 1. The average molecular weight is 497 g/mol. The first-order valence-electron chi connectivity index (χ1n) is 11.9. The molecule has 2 aromatic rings. The molecule has 0 N–H and O–H groups in total. The topological polar surface area (TPSA) is 103 Å². The minimum atomic E-state index is -3.76. The van der Waals surface area contributed by atoms with Gasteiger partial charge in [0.15, 0.2) is 11.5 Å². The van der Waals surface area contributed by atoms with E-state index in [9.17, 15) is 18.5 Å². The number of sulfonamides is 1. The monoisotopic (exact) mass is 496 g/mol. The fourth-order valence-corrected chi connectivity index (χ4v) is 6.58. The van der Waals surface area contributed by atoms with E-state index >= 15 is 0 Å². The van der Waals surface area contributed by atoms with Crippen LogP contribution < -0.4 is 9.47 Å². The molecule has 1 amide bonds. The van der Waals surface area contributed by atoms with Crippen LogP contribution >= 0.6 is 0 Å². The molecule has 0 spiro atoms. The Morgan fingerprint density at radius 3 is 2.51 bits per heavy atom. The standard InChI is InChI=1S/C25H28N4O5S/c26-17-20-4-1-2-6-24(20)35(31,32)28-12-10-27(11-13-28)18-25(30)29-9-3-5-21(29)19-7-8-22-23(16-19)34-15-14-33-22/h1-2,4,6-8,16,21H,3,5,9-15,18H2/t21-/m0/s1. The SMILES string of the molecule is N#Cc1ccccc1S(=O)(=O)N1CCN(CC(=O)N2CCC[C@H]2c2ccc3c(c2)OCCO3)CC1. The Hall–Kier alpha value is -3.13. The van der Waals surface area contributed by atoms with Crippen molar-refractivity contribution >= 4 is 15.9 Å². The van der Waals surface area contributed by atoms with Crippen LogP contribution in [0.3, 0.4) is 0 Å². The number of hydrogen-bond acceptors (Lipinski definition) is 7. The van der Waals surface area contributed by atoms with Crippen molar-refractivity contribution in [2.45, 2.75) is 23.8 Å². The molecular weight excluding hydrogens is 468 g/mol. The Labute approximate surface area is 205 Å². The van der Waals surface area contributed by atoms with Crippen LogP contribution in [0.15, 0.2) is 47.4 Å². The molecular formula is C25H28N4O5S. The Morgan fingerprint density at radius 2 is 1.74 bits per heavy atom.